The number of likely N-dealkylation sites (tertiary alicyclic amines) is 2. The SMILES string of the molecule is CC(C)C1CCN(C(=O)[C@H]2CCCN2C(=O)OC(C)(C)C)CC1. The maximum Gasteiger partial charge on any atom is 0.410 e. The number of amides is 2. The lowest BCUT2D eigenvalue weighted by Gasteiger charge is -2.37. The number of rotatable bonds is 2. The zero-order valence-corrected chi connectivity index (χ0v) is 15.3. The molecule has 23 heavy (non-hydrogen) atoms. The second-order valence-electron chi connectivity index (χ2n) is 8.24. The highest BCUT2D eigenvalue weighted by Gasteiger charge is 2.39. The molecule has 2 fully saturated rings. The Labute approximate surface area is 140 Å². The molecule has 0 aliphatic carbocycles. The van der Waals surface area contributed by atoms with Gasteiger partial charge in [0.05, 0.1) is 0 Å². The summed E-state index contributed by atoms with van der Waals surface area (Å²) in [7, 11) is 0. The van der Waals surface area contributed by atoms with Gasteiger partial charge in [-0.15, -0.1) is 0 Å². The van der Waals surface area contributed by atoms with Gasteiger partial charge in [0, 0.05) is 19.6 Å². The molecular weight excluding hydrogens is 292 g/mol. The first-order chi connectivity index (χ1) is 10.7. The van der Waals surface area contributed by atoms with Gasteiger partial charge in [-0.2, -0.15) is 0 Å². The highest BCUT2D eigenvalue weighted by molar-refractivity contribution is 5.86. The van der Waals surface area contributed by atoms with Crippen LogP contribution in [0.5, 0.6) is 0 Å². The summed E-state index contributed by atoms with van der Waals surface area (Å²) in [6.07, 6.45) is 3.41. The van der Waals surface area contributed by atoms with Crippen LogP contribution in [0.25, 0.3) is 0 Å². The fourth-order valence-electron chi connectivity index (χ4n) is 3.56. The van der Waals surface area contributed by atoms with E-state index in [4.69, 9.17) is 4.74 Å². The molecule has 2 aliphatic heterocycles. The zero-order valence-electron chi connectivity index (χ0n) is 15.3. The van der Waals surface area contributed by atoms with Gasteiger partial charge in [0.25, 0.3) is 0 Å². The van der Waals surface area contributed by atoms with Crippen molar-refractivity contribution in [3.8, 4) is 0 Å². The second-order valence-corrected chi connectivity index (χ2v) is 8.24. The van der Waals surface area contributed by atoms with Gasteiger partial charge in [-0.1, -0.05) is 13.8 Å². The van der Waals surface area contributed by atoms with Crippen molar-refractivity contribution < 1.29 is 14.3 Å². The van der Waals surface area contributed by atoms with Crippen LogP contribution in [0.15, 0.2) is 0 Å². The first-order valence-corrected chi connectivity index (χ1v) is 8.97. The average molecular weight is 324 g/mol. The molecule has 2 saturated heterocycles. The molecule has 0 unspecified atom stereocenters. The second kappa shape index (κ2) is 7.10. The van der Waals surface area contributed by atoms with E-state index in [0.717, 1.165) is 38.8 Å². The molecule has 5 heteroatoms. The minimum Gasteiger partial charge on any atom is -0.444 e. The molecule has 0 aromatic carbocycles. The number of ether oxygens (including phenoxy) is 1. The number of carbonyl (C=O) groups is 2. The highest BCUT2D eigenvalue weighted by Crippen LogP contribution is 2.27. The average Bonchev–Trinajstić information content (AvgIpc) is 2.94. The van der Waals surface area contributed by atoms with Crippen molar-refractivity contribution in [3.63, 3.8) is 0 Å². The van der Waals surface area contributed by atoms with Crippen molar-refractivity contribution in [2.45, 2.75) is 71.9 Å². The summed E-state index contributed by atoms with van der Waals surface area (Å²) < 4.78 is 5.45. The van der Waals surface area contributed by atoms with Crippen LogP contribution < -0.4 is 0 Å². The standard InChI is InChI=1S/C18H32N2O3/c1-13(2)14-8-11-19(12-9-14)16(21)15-7-6-10-20(15)17(22)23-18(3,4)5/h13-15H,6-12H2,1-5H3/t15-/m1/s1. The molecule has 0 aromatic heterocycles. The third kappa shape index (κ3) is 4.61. The molecular formula is C18H32N2O3. The number of hydrogen-bond donors (Lipinski definition) is 0. The van der Waals surface area contributed by atoms with Crippen molar-refractivity contribution in [2.24, 2.45) is 11.8 Å². The van der Waals surface area contributed by atoms with Crippen LogP contribution in [0.1, 0.15) is 60.3 Å². The van der Waals surface area contributed by atoms with Crippen molar-refractivity contribution in [3.05, 3.63) is 0 Å². The van der Waals surface area contributed by atoms with E-state index in [2.05, 4.69) is 13.8 Å². The Morgan fingerprint density at radius 2 is 1.65 bits per heavy atom. The van der Waals surface area contributed by atoms with E-state index >= 15 is 0 Å². The normalized spacial score (nSPS) is 23.5. The maximum absolute atomic E-state index is 12.8. The monoisotopic (exact) mass is 324 g/mol. The Kier molecular flexibility index (Phi) is 5.58. The van der Waals surface area contributed by atoms with Gasteiger partial charge < -0.3 is 9.64 Å². The van der Waals surface area contributed by atoms with Crippen LogP contribution in [0, 0.1) is 11.8 Å². The summed E-state index contributed by atoms with van der Waals surface area (Å²) in [4.78, 5) is 28.7. The molecule has 2 heterocycles. The summed E-state index contributed by atoms with van der Waals surface area (Å²) in [5.74, 6) is 1.50. The first-order valence-electron chi connectivity index (χ1n) is 8.97. The van der Waals surface area contributed by atoms with E-state index in [1.807, 2.05) is 25.7 Å². The van der Waals surface area contributed by atoms with Gasteiger partial charge >= 0.3 is 6.09 Å². The fraction of sp³-hybridized carbons (Fsp3) is 0.889. The van der Waals surface area contributed by atoms with Gasteiger partial charge in [-0.05, 0) is 58.3 Å². The molecule has 0 N–H and O–H groups in total. The lowest BCUT2D eigenvalue weighted by atomic mass is 9.86. The molecule has 0 spiro atoms. The summed E-state index contributed by atoms with van der Waals surface area (Å²) in [6.45, 7) is 12.3. The van der Waals surface area contributed by atoms with E-state index in [1.54, 1.807) is 4.90 Å². The van der Waals surface area contributed by atoms with E-state index in [1.165, 1.54) is 0 Å². The van der Waals surface area contributed by atoms with E-state index in [0.29, 0.717) is 18.4 Å². The zero-order chi connectivity index (χ0) is 17.2. The summed E-state index contributed by atoms with van der Waals surface area (Å²) >= 11 is 0. The van der Waals surface area contributed by atoms with Gasteiger partial charge in [0.1, 0.15) is 11.6 Å². The summed E-state index contributed by atoms with van der Waals surface area (Å²) in [6, 6.07) is -0.333. The molecule has 0 aromatic rings. The Bertz CT molecular complexity index is 434. The van der Waals surface area contributed by atoms with Crippen LogP contribution in [-0.4, -0.2) is 53.1 Å². The van der Waals surface area contributed by atoms with E-state index in [-0.39, 0.29) is 18.0 Å². The summed E-state index contributed by atoms with van der Waals surface area (Å²) in [5, 5.41) is 0. The predicted molar refractivity (Wildman–Crippen MR) is 90.1 cm³/mol. The molecule has 1 atom stereocenters. The number of hydrogen-bond acceptors (Lipinski definition) is 3. The van der Waals surface area contributed by atoms with E-state index in [9.17, 15) is 9.59 Å². The van der Waals surface area contributed by atoms with Crippen LogP contribution in [0.3, 0.4) is 0 Å². The molecule has 0 bridgehead atoms. The third-order valence-corrected chi connectivity index (χ3v) is 4.96. The smallest absolute Gasteiger partial charge is 0.410 e. The fourth-order valence-corrected chi connectivity index (χ4v) is 3.56. The molecule has 5 nitrogen and oxygen atoms in total. The third-order valence-electron chi connectivity index (χ3n) is 4.96. The molecule has 0 saturated carbocycles. The predicted octanol–water partition coefficient (Wildman–Crippen LogP) is 3.28. The molecule has 2 aliphatic rings. The lowest BCUT2D eigenvalue weighted by molar-refractivity contribution is -0.137. The number of nitrogens with zero attached hydrogens (tertiary/aromatic N) is 2. The van der Waals surface area contributed by atoms with Gasteiger partial charge in [-0.3, -0.25) is 9.69 Å². The molecule has 132 valence electrons. The summed E-state index contributed by atoms with van der Waals surface area (Å²) in [5.41, 5.74) is -0.525. The van der Waals surface area contributed by atoms with Crippen LogP contribution in [0.2, 0.25) is 0 Å². The Balaban J connectivity index is 1.95. The molecule has 0 radical (unpaired) electrons. The van der Waals surface area contributed by atoms with Crippen molar-refractivity contribution in [1.82, 2.24) is 9.80 Å². The number of piperidine rings is 1. The van der Waals surface area contributed by atoms with Crippen LogP contribution >= 0.6 is 0 Å². The maximum atomic E-state index is 12.8. The molecule has 2 rings (SSSR count). The minimum atomic E-state index is -0.525. The number of carbonyl (C=O) groups excluding carboxylic acids is 2. The van der Waals surface area contributed by atoms with Gasteiger partial charge in [0.15, 0.2) is 0 Å². The quantitative estimate of drug-likeness (QED) is 0.783. The Hall–Kier alpha value is -1.26. The van der Waals surface area contributed by atoms with Crippen molar-refractivity contribution in [2.75, 3.05) is 19.6 Å². The van der Waals surface area contributed by atoms with Crippen molar-refractivity contribution in [1.29, 1.82) is 0 Å². The topological polar surface area (TPSA) is 49.9 Å². The highest BCUT2D eigenvalue weighted by atomic mass is 16.6. The van der Waals surface area contributed by atoms with E-state index < -0.39 is 5.60 Å². The lowest BCUT2D eigenvalue weighted by Crippen LogP contribution is -2.51. The Morgan fingerprint density at radius 1 is 1.04 bits per heavy atom. The van der Waals surface area contributed by atoms with Gasteiger partial charge in [-0.25, -0.2) is 4.79 Å². The Morgan fingerprint density at radius 3 is 2.17 bits per heavy atom. The van der Waals surface area contributed by atoms with Crippen molar-refractivity contribution >= 4 is 12.0 Å². The largest absolute Gasteiger partial charge is 0.444 e. The van der Waals surface area contributed by atoms with Crippen LogP contribution in [0.4, 0.5) is 4.79 Å². The van der Waals surface area contributed by atoms with Crippen LogP contribution in [-0.2, 0) is 9.53 Å². The first kappa shape index (κ1) is 18.1. The molecule has 2 amide bonds. The van der Waals surface area contributed by atoms with Gasteiger partial charge in [0.2, 0.25) is 5.91 Å². The minimum absolute atomic E-state index is 0.107.